The number of nitrogens with two attached hydrogens (primary N) is 1. The van der Waals surface area contributed by atoms with Crippen molar-refractivity contribution in [2.75, 3.05) is 6.61 Å². The van der Waals surface area contributed by atoms with Crippen LogP contribution in [-0.2, 0) is 35.5 Å². The SMILES string of the molecule is CCOc1ccc(CCC(=O)N[C@@H](Cc2cccnc2)C(=O)NCc2ccc(CN)cc2)cc1. The van der Waals surface area contributed by atoms with Gasteiger partial charge in [0, 0.05) is 38.3 Å². The van der Waals surface area contributed by atoms with Crippen LogP contribution in [0.3, 0.4) is 0 Å². The highest BCUT2D eigenvalue weighted by Gasteiger charge is 2.21. The van der Waals surface area contributed by atoms with E-state index >= 15 is 0 Å². The lowest BCUT2D eigenvalue weighted by atomic mass is 10.1. The molecule has 7 heteroatoms. The quantitative estimate of drug-likeness (QED) is 0.385. The van der Waals surface area contributed by atoms with Crippen molar-refractivity contribution in [3.63, 3.8) is 0 Å². The third-order valence-electron chi connectivity index (χ3n) is 5.41. The average Bonchev–Trinajstić information content (AvgIpc) is 2.87. The number of ether oxygens (including phenoxy) is 1. The molecular formula is C27H32N4O3. The van der Waals surface area contributed by atoms with E-state index in [-0.39, 0.29) is 18.2 Å². The summed E-state index contributed by atoms with van der Waals surface area (Å²) in [7, 11) is 0. The molecule has 7 nitrogen and oxygen atoms in total. The second-order valence-electron chi connectivity index (χ2n) is 8.00. The van der Waals surface area contributed by atoms with Crippen molar-refractivity contribution >= 4 is 11.8 Å². The molecule has 4 N–H and O–H groups in total. The second-order valence-corrected chi connectivity index (χ2v) is 8.00. The zero-order valence-corrected chi connectivity index (χ0v) is 19.5. The van der Waals surface area contributed by atoms with Crippen molar-refractivity contribution in [3.8, 4) is 5.75 Å². The maximum Gasteiger partial charge on any atom is 0.243 e. The fraction of sp³-hybridized carbons (Fsp3) is 0.296. The molecule has 3 aromatic rings. The van der Waals surface area contributed by atoms with Crippen LogP contribution in [0.25, 0.3) is 0 Å². The fourth-order valence-corrected chi connectivity index (χ4v) is 3.51. The molecule has 3 rings (SSSR count). The Labute approximate surface area is 200 Å². The number of benzene rings is 2. The number of aromatic nitrogens is 1. The summed E-state index contributed by atoms with van der Waals surface area (Å²) >= 11 is 0. The smallest absolute Gasteiger partial charge is 0.243 e. The number of carbonyl (C=O) groups excluding carboxylic acids is 2. The molecule has 1 atom stereocenters. The van der Waals surface area contributed by atoms with Gasteiger partial charge in [0.2, 0.25) is 11.8 Å². The second kappa shape index (κ2) is 13.1. The van der Waals surface area contributed by atoms with Crippen molar-refractivity contribution in [2.24, 2.45) is 5.73 Å². The topological polar surface area (TPSA) is 106 Å². The fourth-order valence-electron chi connectivity index (χ4n) is 3.51. The van der Waals surface area contributed by atoms with Gasteiger partial charge in [0.25, 0.3) is 0 Å². The Hall–Kier alpha value is -3.71. The normalized spacial score (nSPS) is 11.5. The van der Waals surface area contributed by atoms with E-state index < -0.39 is 6.04 Å². The van der Waals surface area contributed by atoms with Crippen LogP contribution in [0.2, 0.25) is 0 Å². The van der Waals surface area contributed by atoms with E-state index in [2.05, 4.69) is 15.6 Å². The Morgan fingerprint density at radius 3 is 2.32 bits per heavy atom. The van der Waals surface area contributed by atoms with Gasteiger partial charge in [-0.2, -0.15) is 0 Å². The van der Waals surface area contributed by atoms with Gasteiger partial charge in [-0.05, 0) is 53.8 Å². The minimum Gasteiger partial charge on any atom is -0.494 e. The van der Waals surface area contributed by atoms with Gasteiger partial charge in [0.05, 0.1) is 6.61 Å². The van der Waals surface area contributed by atoms with E-state index in [9.17, 15) is 9.59 Å². The van der Waals surface area contributed by atoms with E-state index in [0.29, 0.717) is 32.5 Å². The zero-order chi connectivity index (χ0) is 24.2. The summed E-state index contributed by atoms with van der Waals surface area (Å²) in [6.45, 7) is 3.40. The van der Waals surface area contributed by atoms with Crippen molar-refractivity contribution in [2.45, 2.75) is 45.3 Å². The molecule has 0 aliphatic carbocycles. The first-order chi connectivity index (χ1) is 16.6. The van der Waals surface area contributed by atoms with E-state index in [1.54, 1.807) is 12.4 Å². The minimum absolute atomic E-state index is 0.176. The summed E-state index contributed by atoms with van der Waals surface area (Å²) in [4.78, 5) is 29.8. The molecule has 2 aromatic carbocycles. The molecule has 0 spiro atoms. The monoisotopic (exact) mass is 460 g/mol. The molecule has 0 bridgehead atoms. The molecule has 1 heterocycles. The van der Waals surface area contributed by atoms with Gasteiger partial charge in [0.1, 0.15) is 11.8 Å². The molecule has 0 fully saturated rings. The number of rotatable bonds is 12. The lowest BCUT2D eigenvalue weighted by Crippen LogP contribution is -2.47. The first-order valence-electron chi connectivity index (χ1n) is 11.5. The predicted molar refractivity (Wildman–Crippen MR) is 132 cm³/mol. The van der Waals surface area contributed by atoms with Crippen LogP contribution in [0.4, 0.5) is 0 Å². The average molecular weight is 461 g/mol. The van der Waals surface area contributed by atoms with Gasteiger partial charge in [-0.1, -0.05) is 42.5 Å². The lowest BCUT2D eigenvalue weighted by molar-refractivity contribution is -0.129. The Kier molecular flexibility index (Phi) is 9.61. The van der Waals surface area contributed by atoms with Crippen LogP contribution in [0.15, 0.2) is 73.1 Å². The van der Waals surface area contributed by atoms with E-state index in [0.717, 1.165) is 28.0 Å². The Balaban J connectivity index is 1.58. The Bertz CT molecular complexity index is 1040. The van der Waals surface area contributed by atoms with Crippen LogP contribution in [0, 0.1) is 0 Å². The number of pyridine rings is 1. The van der Waals surface area contributed by atoms with Crippen molar-refractivity contribution in [3.05, 3.63) is 95.3 Å². The summed E-state index contributed by atoms with van der Waals surface area (Å²) in [6.07, 6.45) is 4.61. The van der Waals surface area contributed by atoms with Crippen molar-refractivity contribution in [1.82, 2.24) is 15.6 Å². The third-order valence-corrected chi connectivity index (χ3v) is 5.41. The number of nitrogens with zero attached hydrogens (tertiary/aromatic N) is 1. The lowest BCUT2D eigenvalue weighted by Gasteiger charge is -2.19. The third kappa shape index (κ3) is 8.01. The molecule has 0 radical (unpaired) electrons. The Morgan fingerprint density at radius 1 is 0.971 bits per heavy atom. The Morgan fingerprint density at radius 2 is 1.68 bits per heavy atom. The maximum atomic E-state index is 13.0. The zero-order valence-electron chi connectivity index (χ0n) is 19.5. The number of aryl methyl sites for hydroxylation is 1. The highest BCUT2D eigenvalue weighted by atomic mass is 16.5. The molecule has 178 valence electrons. The molecule has 1 aromatic heterocycles. The highest BCUT2D eigenvalue weighted by molar-refractivity contribution is 5.87. The summed E-state index contributed by atoms with van der Waals surface area (Å²) in [5.41, 5.74) is 9.55. The molecule has 2 amide bonds. The van der Waals surface area contributed by atoms with E-state index in [1.807, 2.05) is 67.6 Å². The van der Waals surface area contributed by atoms with Gasteiger partial charge < -0.3 is 21.1 Å². The first-order valence-corrected chi connectivity index (χ1v) is 11.5. The van der Waals surface area contributed by atoms with Crippen LogP contribution in [-0.4, -0.2) is 29.4 Å². The number of carbonyl (C=O) groups is 2. The molecular weight excluding hydrogens is 428 g/mol. The van der Waals surface area contributed by atoms with Gasteiger partial charge in [-0.25, -0.2) is 0 Å². The van der Waals surface area contributed by atoms with Gasteiger partial charge in [-0.15, -0.1) is 0 Å². The standard InChI is InChI=1S/C27H32N4O3/c1-2-34-24-12-9-20(10-13-24)11-14-26(32)31-25(16-23-4-3-15-29-18-23)27(33)30-19-22-7-5-21(17-28)6-8-22/h3-10,12-13,15,18,25H,2,11,14,16-17,19,28H2,1H3,(H,30,33)(H,31,32)/t25-/m0/s1. The van der Waals surface area contributed by atoms with Crippen molar-refractivity contribution in [1.29, 1.82) is 0 Å². The molecule has 0 aliphatic rings. The maximum absolute atomic E-state index is 13.0. The summed E-state index contributed by atoms with van der Waals surface area (Å²) in [5, 5.41) is 5.84. The number of amides is 2. The largest absolute Gasteiger partial charge is 0.494 e. The highest BCUT2D eigenvalue weighted by Crippen LogP contribution is 2.13. The van der Waals surface area contributed by atoms with Crippen LogP contribution in [0.5, 0.6) is 5.75 Å². The molecule has 0 aliphatic heterocycles. The summed E-state index contributed by atoms with van der Waals surface area (Å²) in [6, 6.07) is 18.5. The first kappa shape index (κ1) is 24.9. The van der Waals surface area contributed by atoms with Crippen molar-refractivity contribution < 1.29 is 14.3 Å². The molecule has 34 heavy (non-hydrogen) atoms. The minimum atomic E-state index is -0.694. The number of hydrogen-bond acceptors (Lipinski definition) is 5. The molecule has 0 saturated heterocycles. The van der Waals surface area contributed by atoms with Crippen LogP contribution in [0.1, 0.15) is 35.6 Å². The van der Waals surface area contributed by atoms with Gasteiger partial charge in [0.15, 0.2) is 0 Å². The van der Waals surface area contributed by atoms with Crippen LogP contribution >= 0.6 is 0 Å². The molecule has 0 unspecified atom stereocenters. The summed E-state index contributed by atoms with van der Waals surface area (Å²) in [5.74, 6) is 0.396. The predicted octanol–water partition coefficient (Wildman–Crippen LogP) is 2.92. The van der Waals surface area contributed by atoms with E-state index in [1.165, 1.54) is 0 Å². The van der Waals surface area contributed by atoms with Gasteiger partial charge in [-0.3, -0.25) is 14.6 Å². The van der Waals surface area contributed by atoms with E-state index in [4.69, 9.17) is 10.5 Å². The number of hydrogen-bond donors (Lipinski definition) is 3. The van der Waals surface area contributed by atoms with Gasteiger partial charge >= 0.3 is 0 Å². The number of nitrogens with one attached hydrogen (secondary N) is 2. The van der Waals surface area contributed by atoms with Crippen LogP contribution < -0.4 is 21.1 Å². The summed E-state index contributed by atoms with van der Waals surface area (Å²) < 4.78 is 5.45. The molecule has 0 saturated carbocycles.